The molecule has 0 aliphatic heterocycles. The molecule has 0 spiro atoms. The van der Waals surface area contributed by atoms with Crippen LogP contribution in [0.2, 0.25) is 0 Å². The van der Waals surface area contributed by atoms with E-state index in [1.807, 2.05) is 0 Å². The summed E-state index contributed by atoms with van der Waals surface area (Å²) in [5.74, 6) is 0. The van der Waals surface area contributed by atoms with Crippen LogP contribution in [0.5, 0.6) is 0 Å². The van der Waals surface area contributed by atoms with Crippen molar-refractivity contribution < 1.29 is 0 Å². The van der Waals surface area contributed by atoms with Gasteiger partial charge in [0.25, 0.3) is 0 Å². The van der Waals surface area contributed by atoms with E-state index in [4.69, 9.17) is 0 Å². The fraction of sp³-hybridized carbons (Fsp3) is 0.200. The van der Waals surface area contributed by atoms with E-state index >= 15 is 0 Å². The zero-order chi connectivity index (χ0) is 10.3. The second-order valence-electron chi connectivity index (χ2n) is 4.21. The summed E-state index contributed by atoms with van der Waals surface area (Å²) in [6.45, 7) is 2.23. The van der Waals surface area contributed by atoms with E-state index in [-0.39, 0.29) is 0 Å². The van der Waals surface area contributed by atoms with Gasteiger partial charge in [0.1, 0.15) is 0 Å². The van der Waals surface area contributed by atoms with Gasteiger partial charge in [0.15, 0.2) is 0 Å². The summed E-state index contributed by atoms with van der Waals surface area (Å²) in [5, 5.41) is 2.82. The van der Waals surface area contributed by atoms with E-state index < -0.39 is 0 Å². The van der Waals surface area contributed by atoms with Crippen LogP contribution in [0.4, 0.5) is 0 Å². The van der Waals surface area contributed by atoms with Crippen molar-refractivity contribution in [3.63, 3.8) is 0 Å². The van der Waals surface area contributed by atoms with Crippen molar-refractivity contribution in [3.8, 4) is 0 Å². The van der Waals surface area contributed by atoms with Crippen LogP contribution in [-0.2, 0) is 6.42 Å². The van der Waals surface area contributed by atoms with Crippen LogP contribution in [0.25, 0.3) is 22.9 Å². The van der Waals surface area contributed by atoms with Gasteiger partial charge in [0.2, 0.25) is 0 Å². The Morgan fingerprint density at radius 2 is 1.87 bits per heavy atom. The highest BCUT2D eigenvalue weighted by Crippen LogP contribution is 2.32. The predicted molar refractivity (Wildman–Crippen MR) is 66.9 cm³/mol. The molecule has 2 aromatic carbocycles. The first-order valence-corrected chi connectivity index (χ1v) is 5.62. The predicted octanol–water partition coefficient (Wildman–Crippen LogP) is 4.28. The monoisotopic (exact) mass is 194 g/mol. The van der Waals surface area contributed by atoms with Gasteiger partial charge in [0, 0.05) is 0 Å². The molecule has 0 heterocycles. The Morgan fingerprint density at radius 3 is 2.73 bits per heavy atom. The van der Waals surface area contributed by atoms with Crippen molar-refractivity contribution in [2.45, 2.75) is 19.8 Å². The van der Waals surface area contributed by atoms with Crippen LogP contribution < -0.4 is 0 Å². The quantitative estimate of drug-likeness (QED) is 0.571. The van der Waals surface area contributed by atoms with E-state index in [2.05, 4.69) is 49.4 Å². The van der Waals surface area contributed by atoms with Gasteiger partial charge in [-0.05, 0) is 33.9 Å². The Bertz CT molecular complexity index is 547. The van der Waals surface area contributed by atoms with E-state index in [9.17, 15) is 0 Å². The van der Waals surface area contributed by atoms with Crippen molar-refractivity contribution in [2.75, 3.05) is 0 Å². The highest BCUT2D eigenvalue weighted by molar-refractivity contribution is 6.05. The molecule has 0 radical (unpaired) electrons. The van der Waals surface area contributed by atoms with Crippen LogP contribution in [-0.4, -0.2) is 0 Å². The number of aryl methyl sites for hydroxylation is 1. The Balaban J connectivity index is 2.30. The molecule has 0 saturated carbocycles. The second kappa shape index (κ2) is 3.23. The van der Waals surface area contributed by atoms with Crippen molar-refractivity contribution in [1.29, 1.82) is 0 Å². The van der Waals surface area contributed by atoms with E-state index in [0.29, 0.717) is 0 Å². The van der Waals surface area contributed by atoms with Gasteiger partial charge in [-0.25, -0.2) is 0 Å². The molecule has 0 fully saturated rings. The summed E-state index contributed by atoms with van der Waals surface area (Å²) in [4.78, 5) is 0. The summed E-state index contributed by atoms with van der Waals surface area (Å²) in [7, 11) is 0. The Morgan fingerprint density at radius 1 is 1.00 bits per heavy atom. The first kappa shape index (κ1) is 8.72. The average Bonchev–Trinajstić information content (AvgIpc) is 2.64. The second-order valence-corrected chi connectivity index (χ2v) is 4.21. The Labute approximate surface area is 90.2 Å². The molecule has 15 heavy (non-hydrogen) atoms. The minimum Gasteiger partial charge on any atom is -0.0651 e. The molecule has 3 rings (SSSR count). The smallest absolute Gasteiger partial charge is 0.00387 e. The molecule has 0 aromatic heterocycles. The van der Waals surface area contributed by atoms with Crippen LogP contribution >= 0.6 is 0 Å². The van der Waals surface area contributed by atoms with E-state index in [1.165, 1.54) is 40.3 Å². The highest BCUT2D eigenvalue weighted by Gasteiger charge is 2.09. The Hall–Kier alpha value is -1.56. The largest absolute Gasteiger partial charge is 0.0651 e. The standard InChI is InChI=1S/C15H14/c1-2-4-11-9-13-6-3-5-12-7-8-14(10-11)15(12)13/h3,5-10H,2,4H2,1H3. The fourth-order valence-electron chi connectivity index (χ4n) is 2.44. The van der Waals surface area contributed by atoms with Crippen LogP contribution in [0.3, 0.4) is 0 Å². The normalized spacial score (nSPS) is 12.6. The maximum atomic E-state index is 2.33. The minimum absolute atomic E-state index is 1.18. The third kappa shape index (κ3) is 1.29. The van der Waals surface area contributed by atoms with Crippen molar-refractivity contribution >= 4 is 22.9 Å². The van der Waals surface area contributed by atoms with E-state index in [0.717, 1.165) is 0 Å². The van der Waals surface area contributed by atoms with Crippen LogP contribution in [0.1, 0.15) is 30.0 Å². The zero-order valence-electron chi connectivity index (χ0n) is 8.96. The molecule has 0 saturated heterocycles. The van der Waals surface area contributed by atoms with Gasteiger partial charge < -0.3 is 0 Å². The molecular weight excluding hydrogens is 180 g/mol. The molecule has 74 valence electrons. The van der Waals surface area contributed by atoms with Gasteiger partial charge in [-0.3, -0.25) is 0 Å². The Kier molecular flexibility index (Phi) is 1.88. The third-order valence-electron chi connectivity index (χ3n) is 3.08. The minimum atomic E-state index is 1.18. The fourth-order valence-corrected chi connectivity index (χ4v) is 2.44. The van der Waals surface area contributed by atoms with Crippen LogP contribution in [0.15, 0.2) is 30.3 Å². The number of hydrogen-bond acceptors (Lipinski definition) is 0. The summed E-state index contributed by atoms with van der Waals surface area (Å²) in [5.41, 5.74) is 4.22. The lowest BCUT2D eigenvalue weighted by molar-refractivity contribution is 0.923. The molecule has 0 N–H and O–H groups in total. The topological polar surface area (TPSA) is 0 Å². The summed E-state index contributed by atoms with van der Waals surface area (Å²) in [6, 6.07) is 11.2. The third-order valence-corrected chi connectivity index (χ3v) is 3.08. The maximum Gasteiger partial charge on any atom is -0.00387 e. The van der Waals surface area contributed by atoms with Crippen molar-refractivity contribution in [3.05, 3.63) is 47.0 Å². The lowest BCUT2D eigenvalue weighted by atomic mass is 9.99. The number of benzene rings is 2. The van der Waals surface area contributed by atoms with Gasteiger partial charge >= 0.3 is 0 Å². The molecule has 0 unspecified atom stereocenters. The molecule has 2 aromatic rings. The molecule has 0 heteroatoms. The van der Waals surface area contributed by atoms with Crippen molar-refractivity contribution in [2.24, 2.45) is 0 Å². The molecule has 0 nitrogen and oxygen atoms in total. The van der Waals surface area contributed by atoms with Gasteiger partial charge in [-0.15, -0.1) is 0 Å². The lowest BCUT2D eigenvalue weighted by Gasteiger charge is -2.05. The highest BCUT2D eigenvalue weighted by atomic mass is 14.1. The van der Waals surface area contributed by atoms with Gasteiger partial charge in [-0.2, -0.15) is 0 Å². The SMILES string of the molecule is CCCc1cc2c3c(cccc3c1)C=C2. The molecule has 0 amide bonds. The molecule has 1 aliphatic carbocycles. The van der Waals surface area contributed by atoms with Gasteiger partial charge in [0.05, 0.1) is 0 Å². The number of rotatable bonds is 2. The summed E-state index contributed by atoms with van der Waals surface area (Å²) >= 11 is 0. The summed E-state index contributed by atoms with van der Waals surface area (Å²) < 4.78 is 0. The van der Waals surface area contributed by atoms with Crippen molar-refractivity contribution in [1.82, 2.24) is 0 Å². The molecule has 0 atom stereocenters. The maximum absolute atomic E-state index is 2.33. The number of hydrogen-bond donors (Lipinski definition) is 0. The lowest BCUT2D eigenvalue weighted by Crippen LogP contribution is -1.86. The molecule has 1 aliphatic rings. The zero-order valence-corrected chi connectivity index (χ0v) is 8.96. The van der Waals surface area contributed by atoms with Crippen LogP contribution in [0, 0.1) is 0 Å². The molecular formula is C15H14. The van der Waals surface area contributed by atoms with Gasteiger partial charge in [-0.1, -0.05) is 55.8 Å². The summed E-state index contributed by atoms with van der Waals surface area (Å²) in [6.07, 6.45) is 6.85. The molecule has 0 bridgehead atoms. The first-order chi connectivity index (χ1) is 7.38. The average molecular weight is 194 g/mol. The van der Waals surface area contributed by atoms with E-state index in [1.54, 1.807) is 0 Å². The first-order valence-electron chi connectivity index (χ1n) is 5.62.